The van der Waals surface area contributed by atoms with Crippen LogP contribution < -0.4 is 5.73 Å². The molecule has 2 N–H and O–H groups in total. The van der Waals surface area contributed by atoms with Crippen LogP contribution in [0.4, 0.5) is 0 Å². The molecular weight excluding hydrogens is 158 g/mol. The van der Waals surface area contributed by atoms with Gasteiger partial charge in [0.25, 0.3) is 0 Å². The zero-order valence-electron chi connectivity index (χ0n) is 9.47. The number of nitrogens with two attached hydrogens (primary N) is 1. The predicted octanol–water partition coefficient (Wildman–Crippen LogP) is 3.70. The highest BCUT2D eigenvalue weighted by molar-refractivity contribution is 4.96. The van der Waals surface area contributed by atoms with E-state index in [-0.39, 0.29) is 0 Å². The first-order valence-electron chi connectivity index (χ1n) is 5.68. The fourth-order valence-corrected chi connectivity index (χ4v) is 1.94. The van der Waals surface area contributed by atoms with Gasteiger partial charge in [-0.15, -0.1) is 0 Å². The summed E-state index contributed by atoms with van der Waals surface area (Å²) in [5.41, 5.74) is 6.56. The van der Waals surface area contributed by atoms with E-state index in [0.29, 0.717) is 5.92 Å². The zero-order chi connectivity index (χ0) is 10.3. The van der Waals surface area contributed by atoms with Crippen LogP contribution in [0.5, 0.6) is 0 Å². The molecule has 13 heavy (non-hydrogen) atoms. The van der Waals surface area contributed by atoms with E-state index in [4.69, 9.17) is 5.73 Å². The highest BCUT2D eigenvalue weighted by Crippen LogP contribution is 2.32. The number of allylic oxidation sites excluding steroid dienone is 1. The minimum Gasteiger partial charge on any atom is -0.402 e. The fraction of sp³-hybridized carbons (Fsp3) is 0.833. The van der Waals surface area contributed by atoms with E-state index in [1.807, 2.05) is 13.8 Å². The molecule has 0 aromatic carbocycles. The molecule has 0 bridgehead atoms. The Morgan fingerprint density at radius 2 is 1.69 bits per heavy atom. The molecule has 0 radical (unpaired) electrons. The van der Waals surface area contributed by atoms with Crippen molar-refractivity contribution in [2.75, 3.05) is 0 Å². The van der Waals surface area contributed by atoms with Gasteiger partial charge in [0.15, 0.2) is 0 Å². The second kappa shape index (κ2) is 6.99. The van der Waals surface area contributed by atoms with Gasteiger partial charge in [0.05, 0.1) is 0 Å². The summed E-state index contributed by atoms with van der Waals surface area (Å²) >= 11 is 0. The summed E-state index contributed by atoms with van der Waals surface area (Å²) < 4.78 is 0. The smallest absolute Gasteiger partial charge is 0.00390 e. The fourth-order valence-electron chi connectivity index (χ4n) is 1.94. The van der Waals surface area contributed by atoms with Gasteiger partial charge in [-0.25, -0.2) is 0 Å². The molecule has 0 saturated heterocycles. The Bertz CT molecular complexity index is 132. The van der Waals surface area contributed by atoms with Crippen molar-refractivity contribution in [3.63, 3.8) is 0 Å². The van der Waals surface area contributed by atoms with Gasteiger partial charge in [0.2, 0.25) is 0 Å². The Hall–Kier alpha value is -0.460. The van der Waals surface area contributed by atoms with Gasteiger partial charge >= 0.3 is 0 Å². The van der Waals surface area contributed by atoms with Crippen LogP contribution >= 0.6 is 0 Å². The number of hydrogen-bond donors (Lipinski definition) is 1. The summed E-state index contributed by atoms with van der Waals surface area (Å²) in [4.78, 5) is 0. The van der Waals surface area contributed by atoms with Crippen molar-refractivity contribution >= 4 is 0 Å². The predicted molar refractivity (Wildman–Crippen MR) is 60.4 cm³/mol. The highest BCUT2D eigenvalue weighted by atomic mass is 14.6. The SMILES string of the molecule is C=C(N)C1CCC(CC)CC1.CC. The molecule has 1 nitrogen and oxygen atoms in total. The van der Waals surface area contributed by atoms with Crippen molar-refractivity contribution < 1.29 is 0 Å². The molecule has 0 heterocycles. The normalized spacial score (nSPS) is 27.3. The molecule has 0 spiro atoms. The van der Waals surface area contributed by atoms with E-state index in [0.717, 1.165) is 11.6 Å². The van der Waals surface area contributed by atoms with Crippen molar-refractivity contribution in [3.05, 3.63) is 12.3 Å². The third kappa shape index (κ3) is 4.35. The maximum atomic E-state index is 5.66. The Kier molecular flexibility index (Phi) is 6.75. The first-order chi connectivity index (χ1) is 6.24. The van der Waals surface area contributed by atoms with Gasteiger partial charge < -0.3 is 5.73 Å². The molecule has 1 heteroatoms. The average Bonchev–Trinajstić information content (AvgIpc) is 2.21. The van der Waals surface area contributed by atoms with Crippen LogP contribution in [0.2, 0.25) is 0 Å². The standard InChI is InChI=1S/C10H19N.C2H6/c1-3-9-4-6-10(7-5-9)8(2)11;1-2/h9-10H,2-7,11H2,1H3;1-2H3. The van der Waals surface area contributed by atoms with Crippen LogP contribution in [0.3, 0.4) is 0 Å². The Balaban J connectivity index is 0.000000671. The second-order valence-corrected chi connectivity index (χ2v) is 3.70. The lowest BCUT2D eigenvalue weighted by molar-refractivity contribution is 0.294. The first kappa shape index (κ1) is 12.5. The Labute approximate surface area is 83.4 Å². The van der Waals surface area contributed by atoms with Gasteiger partial charge in [0.1, 0.15) is 0 Å². The third-order valence-corrected chi connectivity index (χ3v) is 2.95. The highest BCUT2D eigenvalue weighted by Gasteiger charge is 2.20. The van der Waals surface area contributed by atoms with E-state index in [1.54, 1.807) is 0 Å². The quantitative estimate of drug-likeness (QED) is 0.694. The minimum atomic E-state index is 0.623. The van der Waals surface area contributed by atoms with Gasteiger partial charge in [-0.3, -0.25) is 0 Å². The summed E-state index contributed by atoms with van der Waals surface area (Å²) in [6.45, 7) is 10.1. The summed E-state index contributed by atoms with van der Waals surface area (Å²) in [6, 6.07) is 0. The molecule has 78 valence electrons. The van der Waals surface area contributed by atoms with Gasteiger partial charge in [0, 0.05) is 5.70 Å². The zero-order valence-corrected chi connectivity index (χ0v) is 9.47. The number of rotatable bonds is 2. The van der Waals surface area contributed by atoms with Crippen LogP contribution in [0.25, 0.3) is 0 Å². The molecule has 1 aliphatic carbocycles. The molecule has 0 amide bonds. The van der Waals surface area contributed by atoms with Crippen molar-refractivity contribution in [1.29, 1.82) is 0 Å². The van der Waals surface area contributed by atoms with Crippen LogP contribution in [-0.4, -0.2) is 0 Å². The minimum absolute atomic E-state index is 0.623. The second-order valence-electron chi connectivity index (χ2n) is 3.70. The molecule has 1 saturated carbocycles. The lowest BCUT2D eigenvalue weighted by Gasteiger charge is -2.27. The molecule has 1 aliphatic rings. The van der Waals surface area contributed by atoms with E-state index in [1.165, 1.54) is 32.1 Å². The molecule has 1 fully saturated rings. The Morgan fingerprint density at radius 1 is 1.23 bits per heavy atom. The van der Waals surface area contributed by atoms with Crippen LogP contribution in [0, 0.1) is 11.8 Å². The lowest BCUT2D eigenvalue weighted by Crippen LogP contribution is -2.18. The average molecular weight is 183 g/mol. The maximum absolute atomic E-state index is 5.66. The first-order valence-corrected chi connectivity index (χ1v) is 5.68. The van der Waals surface area contributed by atoms with Crippen molar-refractivity contribution in [2.24, 2.45) is 17.6 Å². The van der Waals surface area contributed by atoms with E-state index >= 15 is 0 Å². The van der Waals surface area contributed by atoms with E-state index < -0.39 is 0 Å². The van der Waals surface area contributed by atoms with Crippen LogP contribution in [-0.2, 0) is 0 Å². The van der Waals surface area contributed by atoms with Gasteiger partial charge in [-0.05, 0) is 37.5 Å². The Morgan fingerprint density at radius 3 is 2.00 bits per heavy atom. The summed E-state index contributed by atoms with van der Waals surface area (Å²) in [5, 5.41) is 0. The van der Waals surface area contributed by atoms with Crippen LogP contribution in [0.1, 0.15) is 52.9 Å². The molecule has 0 aromatic heterocycles. The third-order valence-electron chi connectivity index (χ3n) is 2.95. The molecule has 0 unspecified atom stereocenters. The number of hydrogen-bond acceptors (Lipinski definition) is 1. The molecule has 0 aromatic rings. The summed E-state index contributed by atoms with van der Waals surface area (Å²) in [7, 11) is 0. The molecule has 0 atom stereocenters. The van der Waals surface area contributed by atoms with Crippen molar-refractivity contribution in [1.82, 2.24) is 0 Å². The lowest BCUT2D eigenvalue weighted by atomic mass is 9.80. The topological polar surface area (TPSA) is 26.0 Å². The molecular formula is C12H25N. The largest absolute Gasteiger partial charge is 0.402 e. The molecule has 1 rings (SSSR count). The van der Waals surface area contributed by atoms with Crippen molar-refractivity contribution in [3.8, 4) is 0 Å². The van der Waals surface area contributed by atoms with Gasteiger partial charge in [-0.1, -0.05) is 33.8 Å². The van der Waals surface area contributed by atoms with E-state index in [9.17, 15) is 0 Å². The maximum Gasteiger partial charge on any atom is 0.00390 e. The molecule has 0 aliphatic heterocycles. The summed E-state index contributed by atoms with van der Waals surface area (Å²) in [5.74, 6) is 1.59. The van der Waals surface area contributed by atoms with E-state index in [2.05, 4.69) is 13.5 Å². The van der Waals surface area contributed by atoms with Gasteiger partial charge in [-0.2, -0.15) is 0 Å². The summed E-state index contributed by atoms with van der Waals surface area (Å²) in [6.07, 6.45) is 6.60. The van der Waals surface area contributed by atoms with Crippen molar-refractivity contribution in [2.45, 2.75) is 52.9 Å². The monoisotopic (exact) mass is 183 g/mol. The van der Waals surface area contributed by atoms with Crippen LogP contribution in [0.15, 0.2) is 12.3 Å².